The van der Waals surface area contributed by atoms with Gasteiger partial charge in [0.15, 0.2) is 11.4 Å². The molecule has 1 amide bonds. The number of Topliss-reactive ketones (excluding diaryl/α,β-unsaturated/α-hetero) is 1. The van der Waals surface area contributed by atoms with Crippen molar-refractivity contribution >= 4 is 44.9 Å². The van der Waals surface area contributed by atoms with Gasteiger partial charge in [0.05, 0.1) is 24.9 Å². The highest BCUT2D eigenvalue weighted by Crippen LogP contribution is 2.44. The fourth-order valence-electron chi connectivity index (χ4n) is 3.38. The molecule has 0 aliphatic carbocycles. The van der Waals surface area contributed by atoms with Crippen LogP contribution in [0.25, 0.3) is 0 Å². The first-order chi connectivity index (χ1) is 13.4. The summed E-state index contributed by atoms with van der Waals surface area (Å²) in [7, 11) is 0. The van der Waals surface area contributed by atoms with Gasteiger partial charge < -0.3 is 14.4 Å². The molecule has 28 heavy (non-hydrogen) atoms. The molecule has 1 aromatic heterocycles. The van der Waals surface area contributed by atoms with E-state index in [0.717, 1.165) is 5.56 Å². The minimum atomic E-state index is -1.96. The summed E-state index contributed by atoms with van der Waals surface area (Å²) in [5.41, 5.74) is -0.151. The Hall–Kier alpha value is -2.41. The van der Waals surface area contributed by atoms with Crippen LogP contribution >= 0.6 is 27.5 Å². The van der Waals surface area contributed by atoms with E-state index in [2.05, 4.69) is 15.9 Å². The van der Waals surface area contributed by atoms with Gasteiger partial charge in [-0.15, -0.1) is 0 Å². The number of rotatable bonds is 5. The standard InChI is InChI=1S/C21H15BrClNO4/c22-14-5-8-17-16(10-14)21(27,11-18(25)19-2-1-9-28-19)20(26)24(17)12-13-3-6-15(23)7-4-13/h1-10,27H,11-12H2/t21-/m1/s1. The summed E-state index contributed by atoms with van der Waals surface area (Å²) in [5, 5.41) is 11.9. The first-order valence-electron chi connectivity index (χ1n) is 8.54. The predicted octanol–water partition coefficient (Wildman–Crippen LogP) is 4.70. The first kappa shape index (κ1) is 18.9. The molecule has 2 aromatic carbocycles. The number of hydrogen-bond donors (Lipinski definition) is 1. The van der Waals surface area contributed by atoms with Crippen molar-refractivity contribution in [3.05, 3.63) is 87.2 Å². The average Bonchev–Trinajstić information content (AvgIpc) is 3.27. The van der Waals surface area contributed by atoms with Crippen LogP contribution in [0.5, 0.6) is 0 Å². The molecule has 5 nitrogen and oxygen atoms in total. The summed E-state index contributed by atoms with van der Waals surface area (Å²) in [4.78, 5) is 27.3. The van der Waals surface area contributed by atoms with Gasteiger partial charge in [0, 0.05) is 15.1 Å². The molecule has 4 rings (SSSR count). The fraction of sp³-hybridized carbons (Fsp3) is 0.143. The minimum Gasteiger partial charge on any atom is -0.461 e. The lowest BCUT2D eigenvalue weighted by atomic mass is 9.89. The molecule has 0 fully saturated rings. The lowest BCUT2D eigenvalue weighted by Crippen LogP contribution is -2.41. The number of nitrogens with zero attached hydrogens (tertiary/aromatic N) is 1. The molecule has 1 atom stereocenters. The second kappa shape index (κ2) is 7.20. The summed E-state index contributed by atoms with van der Waals surface area (Å²) >= 11 is 9.31. The van der Waals surface area contributed by atoms with Crippen LogP contribution in [0, 0.1) is 0 Å². The molecule has 3 aromatic rings. The van der Waals surface area contributed by atoms with Gasteiger partial charge in [0.25, 0.3) is 5.91 Å². The van der Waals surface area contributed by atoms with Gasteiger partial charge in [-0.3, -0.25) is 9.59 Å². The first-order valence-corrected chi connectivity index (χ1v) is 9.71. The van der Waals surface area contributed by atoms with E-state index >= 15 is 0 Å². The second-order valence-electron chi connectivity index (χ2n) is 6.62. The average molecular weight is 461 g/mol. The maximum atomic E-state index is 13.2. The van der Waals surface area contributed by atoms with Gasteiger partial charge in [0.1, 0.15) is 0 Å². The van der Waals surface area contributed by atoms with E-state index in [0.29, 0.717) is 20.7 Å². The van der Waals surface area contributed by atoms with E-state index in [4.69, 9.17) is 16.0 Å². The number of fused-ring (bicyclic) bond motifs is 1. The zero-order valence-electron chi connectivity index (χ0n) is 14.6. The quantitative estimate of drug-likeness (QED) is 0.560. The Balaban J connectivity index is 1.72. The molecule has 142 valence electrons. The van der Waals surface area contributed by atoms with Gasteiger partial charge >= 0.3 is 0 Å². The van der Waals surface area contributed by atoms with E-state index in [1.54, 1.807) is 36.4 Å². The highest BCUT2D eigenvalue weighted by Gasteiger charge is 2.51. The van der Waals surface area contributed by atoms with E-state index in [9.17, 15) is 14.7 Å². The van der Waals surface area contributed by atoms with E-state index in [-0.39, 0.29) is 12.3 Å². The number of hydrogen-bond acceptors (Lipinski definition) is 4. The highest BCUT2D eigenvalue weighted by molar-refractivity contribution is 9.10. The number of carbonyl (C=O) groups is 2. The molecular formula is C21H15BrClNO4. The van der Waals surface area contributed by atoms with E-state index in [1.807, 2.05) is 12.1 Å². The molecule has 0 radical (unpaired) electrons. The zero-order chi connectivity index (χ0) is 19.9. The highest BCUT2D eigenvalue weighted by atomic mass is 79.9. The maximum absolute atomic E-state index is 13.2. The Bertz CT molecular complexity index is 1050. The Labute approximate surface area is 174 Å². The topological polar surface area (TPSA) is 70.8 Å². The van der Waals surface area contributed by atoms with Crippen molar-refractivity contribution in [3.63, 3.8) is 0 Å². The largest absolute Gasteiger partial charge is 0.461 e. The number of anilines is 1. The number of halogens is 2. The molecule has 0 unspecified atom stereocenters. The van der Waals surface area contributed by atoms with Crippen LogP contribution in [0.2, 0.25) is 5.02 Å². The molecule has 0 spiro atoms. The van der Waals surface area contributed by atoms with Crippen LogP contribution in [0.15, 0.2) is 69.8 Å². The van der Waals surface area contributed by atoms with Gasteiger partial charge in [-0.25, -0.2) is 0 Å². The summed E-state index contributed by atoms with van der Waals surface area (Å²) in [5.74, 6) is -0.885. The number of amides is 1. The number of furan rings is 1. The van der Waals surface area contributed by atoms with Crippen molar-refractivity contribution in [1.82, 2.24) is 0 Å². The van der Waals surface area contributed by atoms with Crippen molar-refractivity contribution in [1.29, 1.82) is 0 Å². The molecule has 1 aliphatic rings. The fourth-order valence-corrected chi connectivity index (χ4v) is 3.87. The molecule has 0 saturated carbocycles. The monoisotopic (exact) mass is 459 g/mol. The Kier molecular flexibility index (Phi) is 4.87. The maximum Gasteiger partial charge on any atom is 0.264 e. The number of ketones is 1. The summed E-state index contributed by atoms with van der Waals surface area (Å²) in [6, 6.07) is 15.4. The molecule has 0 bridgehead atoms. The van der Waals surface area contributed by atoms with Crippen LogP contribution in [0.1, 0.15) is 28.1 Å². The third kappa shape index (κ3) is 3.28. The van der Waals surface area contributed by atoms with E-state index < -0.39 is 23.7 Å². The number of aliphatic hydroxyl groups is 1. The SMILES string of the molecule is O=C(C[C@]1(O)C(=O)N(Cc2ccc(Cl)cc2)c2ccc(Br)cc21)c1ccco1. The predicted molar refractivity (Wildman–Crippen MR) is 108 cm³/mol. The summed E-state index contributed by atoms with van der Waals surface area (Å²) in [6.07, 6.45) is 0.977. The van der Waals surface area contributed by atoms with Crippen LogP contribution in [-0.4, -0.2) is 16.8 Å². The molecule has 0 saturated heterocycles. The smallest absolute Gasteiger partial charge is 0.264 e. The number of benzene rings is 2. The van der Waals surface area contributed by atoms with Crippen molar-refractivity contribution in [3.8, 4) is 0 Å². The second-order valence-corrected chi connectivity index (χ2v) is 7.97. The summed E-state index contributed by atoms with van der Waals surface area (Å²) in [6.45, 7) is 0.252. The lowest BCUT2D eigenvalue weighted by Gasteiger charge is -2.22. The Morgan fingerprint density at radius 3 is 2.61 bits per heavy atom. The molecule has 1 N–H and O–H groups in total. The van der Waals surface area contributed by atoms with Crippen molar-refractivity contribution in [2.75, 3.05) is 4.90 Å². The van der Waals surface area contributed by atoms with Crippen molar-refractivity contribution < 1.29 is 19.1 Å². The lowest BCUT2D eigenvalue weighted by molar-refractivity contribution is -0.136. The van der Waals surface area contributed by atoms with Gasteiger partial charge in [-0.2, -0.15) is 0 Å². The Morgan fingerprint density at radius 1 is 1.18 bits per heavy atom. The number of carbonyl (C=O) groups excluding carboxylic acids is 2. The van der Waals surface area contributed by atoms with Crippen molar-refractivity contribution in [2.24, 2.45) is 0 Å². The van der Waals surface area contributed by atoms with Crippen LogP contribution < -0.4 is 4.90 Å². The zero-order valence-corrected chi connectivity index (χ0v) is 16.9. The van der Waals surface area contributed by atoms with Crippen LogP contribution in [-0.2, 0) is 16.9 Å². The van der Waals surface area contributed by atoms with E-state index in [1.165, 1.54) is 17.2 Å². The van der Waals surface area contributed by atoms with Crippen LogP contribution in [0.4, 0.5) is 5.69 Å². The van der Waals surface area contributed by atoms with Gasteiger partial charge in [0.2, 0.25) is 5.78 Å². The van der Waals surface area contributed by atoms with Gasteiger partial charge in [-0.1, -0.05) is 39.7 Å². The molecule has 1 aliphatic heterocycles. The van der Waals surface area contributed by atoms with Crippen LogP contribution in [0.3, 0.4) is 0 Å². The van der Waals surface area contributed by atoms with Crippen molar-refractivity contribution in [2.45, 2.75) is 18.6 Å². The minimum absolute atomic E-state index is 0.105. The normalized spacial score (nSPS) is 18.4. The molecule has 7 heteroatoms. The third-order valence-electron chi connectivity index (χ3n) is 4.76. The molecule has 2 heterocycles. The van der Waals surface area contributed by atoms with Gasteiger partial charge in [-0.05, 0) is 48.0 Å². The third-order valence-corrected chi connectivity index (χ3v) is 5.51. The summed E-state index contributed by atoms with van der Waals surface area (Å²) < 4.78 is 5.83. The molecular weight excluding hydrogens is 446 g/mol. The Morgan fingerprint density at radius 2 is 1.93 bits per heavy atom.